The van der Waals surface area contributed by atoms with E-state index in [9.17, 15) is 19.2 Å². The van der Waals surface area contributed by atoms with Gasteiger partial charge in [-0.3, -0.25) is 19.3 Å². The third-order valence-electron chi connectivity index (χ3n) is 6.01. The predicted octanol–water partition coefficient (Wildman–Crippen LogP) is 3.07. The van der Waals surface area contributed by atoms with Crippen molar-refractivity contribution in [3.8, 4) is 0 Å². The lowest BCUT2D eigenvalue weighted by Gasteiger charge is -2.25. The highest BCUT2D eigenvalue weighted by molar-refractivity contribution is 6.09. The van der Waals surface area contributed by atoms with Crippen molar-refractivity contribution in [3.05, 3.63) is 71.3 Å². The molecule has 1 fully saturated rings. The number of carbonyl (C=O) groups is 4. The van der Waals surface area contributed by atoms with Crippen LogP contribution in [0.3, 0.4) is 0 Å². The molecule has 1 saturated heterocycles. The Morgan fingerprint density at radius 3 is 2.18 bits per heavy atom. The zero-order chi connectivity index (χ0) is 24.4. The molecule has 2 atom stereocenters. The molecule has 7 heteroatoms. The van der Waals surface area contributed by atoms with Crippen molar-refractivity contribution >= 4 is 23.6 Å². The summed E-state index contributed by atoms with van der Waals surface area (Å²) in [6, 6.07) is 15.5. The minimum atomic E-state index is -1.27. The van der Waals surface area contributed by atoms with E-state index in [0.29, 0.717) is 12.0 Å². The van der Waals surface area contributed by atoms with Crippen LogP contribution in [0.25, 0.3) is 0 Å². The molecule has 0 aliphatic carbocycles. The van der Waals surface area contributed by atoms with E-state index in [1.54, 1.807) is 6.92 Å². The van der Waals surface area contributed by atoms with E-state index in [4.69, 9.17) is 0 Å². The molecule has 0 unspecified atom stereocenters. The Morgan fingerprint density at radius 2 is 1.64 bits per heavy atom. The molecule has 4 amide bonds. The third kappa shape index (κ3) is 5.30. The molecule has 0 radical (unpaired) electrons. The Labute approximate surface area is 194 Å². The molecule has 7 nitrogen and oxygen atoms in total. The van der Waals surface area contributed by atoms with Gasteiger partial charge in [0.1, 0.15) is 12.1 Å². The van der Waals surface area contributed by atoms with Crippen LogP contribution in [0, 0.1) is 0 Å². The van der Waals surface area contributed by atoms with Crippen molar-refractivity contribution in [3.63, 3.8) is 0 Å². The van der Waals surface area contributed by atoms with E-state index in [-0.39, 0.29) is 11.2 Å². The second-order valence-corrected chi connectivity index (χ2v) is 9.69. The minimum Gasteiger partial charge on any atom is -0.344 e. The number of amides is 4. The quantitative estimate of drug-likeness (QED) is 0.635. The van der Waals surface area contributed by atoms with Gasteiger partial charge in [0.2, 0.25) is 5.91 Å². The highest BCUT2D eigenvalue weighted by Gasteiger charge is 2.49. The number of ketones is 1. The maximum atomic E-state index is 13.2. The second-order valence-electron chi connectivity index (χ2n) is 9.69. The van der Waals surface area contributed by atoms with E-state index in [0.717, 1.165) is 16.0 Å². The number of Topliss-reactive ketones (excluding diaryl/α,β-unsaturated/α-hetero) is 1. The molecule has 1 heterocycles. The standard InChI is InChI=1S/C26H31N3O4/c1-17(30)21(15-18-9-7-6-8-10-18)27-22(31)16-29-23(32)26(5,28-24(29)33)20-13-11-19(12-14-20)25(2,3)4/h6-14,21H,15-16H2,1-5H3,(H,27,31)(H,28,33)/t21-,26-/m1/s1. The van der Waals surface area contributed by atoms with Crippen LogP contribution >= 0.6 is 0 Å². The maximum absolute atomic E-state index is 13.2. The topological polar surface area (TPSA) is 95.6 Å². The van der Waals surface area contributed by atoms with E-state index < -0.39 is 36.0 Å². The summed E-state index contributed by atoms with van der Waals surface area (Å²) < 4.78 is 0. The Bertz CT molecular complexity index is 1060. The Kier molecular flexibility index (Phi) is 6.72. The molecule has 2 aromatic rings. The van der Waals surface area contributed by atoms with Gasteiger partial charge < -0.3 is 10.6 Å². The average Bonchev–Trinajstić information content (AvgIpc) is 2.97. The van der Waals surface area contributed by atoms with Crippen LogP contribution in [0.1, 0.15) is 51.3 Å². The molecule has 0 aromatic heterocycles. The van der Waals surface area contributed by atoms with Gasteiger partial charge in [0.15, 0.2) is 5.78 Å². The van der Waals surface area contributed by atoms with Crippen LogP contribution in [-0.4, -0.2) is 41.1 Å². The van der Waals surface area contributed by atoms with Gasteiger partial charge in [0.25, 0.3) is 5.91 Å². The molecule has 1 aliphatic heterocycles. The molecular weight excluding hydrogens is 418 g/mol. The van der Waals surface area contributed by atoms with E-state index in [2.05, 4.69) is 31.4 Å². The van der Waals surface area contributed by atoms with Crippen LogP contribution in [0.5, 0.6) is 0 Å². The molecule has 1 aliphatic rings. The van der Waals surface area contributed by atoms with E-state index in [1.807, 2.05) is 54.6 Å². The summed E-state index contributed by atoms with van der Waals surface area (Å²) in [7, 11) is 0. The van der Waals surface area contributed by atoms with Crippen LogP contribution in [0.4, 0.5) is 4.79 Å². The van der Waals surface area contributed by atoms with Gasteiger partial charge in [0, 0.05) is 0 Å². The molecule has 3 rings (SSSR count). The number of rotatable bonds is 7. The van der Waals surface area contributed by atoms with Gasteiger partial charge >= 0.3 is 6.03 Å². The van der Waals surface area contributed by atoms with Crippen molar-refractivity contribution < 1.29 is 19.2 Å². The van der Waals surface area contributed by atoms with Gasteiger partial charge in [-0.1, -0.05) is 75.4 Å². The molecule has 0 spiro atoms. The zero-order valence-corrected chi connectivity index (χ0v) is 19.8. The smallest absolute Gasteiger partial charge is 0.325 e. The van der Waals surface area contributed by atoms with Crippen molar-refractivity contribution in [1.82, 2.24) is 15.5 Å². The lowest BCUT2D eigenvalue weighted by Crippen LogP contribution is -2.48. The summed E-state index contributed by atoms with van der Waals surface area (Å²) in [5, 5.41) is 5.38. The molecule has 0 saturated carbocycles. The zero-order valence-electron chi connectivity index (χ0n) is 19.8. The molecule has 2 aromatic carbocycles. The fraction of sp³-hybridized carbons (Fsp3) is 0.385. The number of nitrogens with zero attached hydrogens (tertiary/aromatic N) is 1. The highest BCUT2D eigenvalue weighted by Crippen LogP contribution is 2.31. The molecule has 0 bridgehead atoms. The third-order valence-corrected chi connectivity index (χ3v) is 6.01. The monoisotopic (exact) mass is 449 g/mol. The van der Waals surface area contributed by atoms with Crippen molar-refractivity contribution in [2.45, 2.75) is 58.0 Å². The Morgan fingerprint density at radius 1 is 1.03 bits per heavy atom. The van der Waals surface area contributed by atoms with Gasteiger partial charge in [0.05, 0.1) is 6.04 Å². The lowest BCUT2D eigenvalue weighted by atomic mass is 9.84. The van der Waals surface area contributed by atoms with Gasteiger partial charge in [-0.25, -0.2) is 4.79 Å². The first-order chi connectivity index (χ1) is 15.4. The van der Waals surface area contributed by atoms with Crippen LogP contribution in [-0.2, 0) is 31.8 Å². The maximum Gasteiger partial charge on any atom is 0.325 e. The van der Waals surface area contributed by atoms with Gasteiger partial charge in [-0.05, 0) is 42.4 Å². The Balaban J connectivity index is 1.71. The van der Waals surface area contributed by atoms with Crippen LogP contribution in [0.2, 0.25) is 0 Å². The first-order valence-corrected chi connectivity index (χ1v) is 11.0. The fourth-order valence-corrected chi connectivity index (χ4v) is 3.87. The number of hydrogen-bond acceptors (Lipinski definition) is 4. The number of nitrogens with one attached hydrogen (secondary N) is 2. The summed E-state index contributed by atoms with van der Waals surface area (Å²) in [4.78, 5) is 51.4. The SMILES string of the molecule is CC(=O)[C@@H](Cc1ccccc1)NC(=O)CN1C(=O)N[C@](C)(c2ccc(C(C)(C)C)cc2)C1=O. The Hall–Kier alpha value is -3.48. The first-order valence-electron chi connectivity index (χ1n) is 11.0. The number of imide groups is 1. The number of benzene rings is 2. The van der Waals surface area contributed by atoms with Gasteiger partial charge in [-0.2, -0.15) is 0 Å². The van der Waals surface area contributed by atoms with Crippen molar-refractivity contribution in [1.29, 1.82) is 0 Å². The molecule has 2 N–H and O–H groups in total. The summed E-state index contributed by atoms with van der Waals surface area (Å²) >= 11 is 0. The normalized spacial score (nSPS) is 19.2. The number of carbonyl (C=O) groups excluding carboxylic acids is 4. The van der Waals surface area contributed by atoms with Crippen LogP contribution in [0.15, 0.2) is 54.6 Å². The molecule has 174 valence electrons. The molecule has 33 heavy (non-hydrogen) atoms. The summed E-state index contributed by atoms with van der Waals surface area (Å²) in [6.45, 7) is 8.86. The van der Waals surface area contributed by atoms with E-state index >= 15 is 0 Å². The average molecular weight is 450 g/mol. The lowest BCUT2D eigenvalue weighted by molar-refractivity contribution is -0.135. The van der Waals surface area contributed by atoms with E-state index in [1.165, 1.54) is 6.92 Å². The number of hydrogen-bond donors (Lipinski definition) is 2. The summed E-state index contributed by atoms with van der Waals surface area (Å²) in [5.41, 5.74) is 1.34. The second kappa shape index (κ2) is 9.17. The fourth-order valence-electron chi connectivity index (χ4n) is 3.87. The van der Waals surface area contributed by atoms with Crippen molar-refractivity contribution in [2.24, 2.45) is 0 Å². The largest absolute Gasteiger partial charge is 0.344 e. The number of urea groups is 1. The highest BCUT2D eigenvalue weighted by atomic mass is 16.2. The van der Waals surface area contributed by atoms with Crippen molar-refractivity contribution in [2.75, 3.05) is 6.54 Å². The van der Waals surface area contributed by atoms with Gasteiger partial charge in [-0.15, -0.1) is 0 Å². The van der Waals surface area contributed by atoms with Crippen LogP contribution < -0.4 is 10.6 Å². The molecular formula is C26H31N3O4. The predicted molar refractivity (Wildman–Crippen MR) is 125 cm³/mol. The minimum absolute atomic E-state index is 0.0422. The summed E-state index contributed by atoms with van der Waals surface area (Å²) in [5.74, 6) is -1.27. The summed E-state index contributed by atoms with van der Waals surface area (Å²) in [6.07, 6.45) is 0.333. The first kappa shape index (κ1) is 24.2.